The number of rotatable bonds is 5. The molecule has 164 valence electrons. The van der Waals surface area contributed by atoms with Crippen LogP contribution in [0.25, 0.3) is 11.0 Å². The molecular weight excluding hydrogens is 432 g/mol. The molecule has 9 heteroatoms. The van der Waals surface area contributed by atoms with E-state index in [1.807, 2.05) is 44.2 Å². The SMILES string of the molecule is Cc1ccc(Oc2cc(C(=O)Nc3ccc(C)cn3)cc3oc(CO)cc23)cc1.O=S=O. The quantitative estimate of drug-likeness (QED) is 0.463. The van der Waals surface area contributed by atoms with Gasteiger partial charge in [-0.3, -0.25) is 4.79 Å². The Bertz CT molecular complexity index is 1260. The van der Waals surface area contributed by atoms with Gasteiger partial charge in [0.15, 0.2) is 0 Å². The van der Waals surface area contributed by atoms with Crippen LogP contribution in [0.1, 0.15) is 27.2 Å². The first-order valence-corrected chi connectivity index (χ1v) is 10.2. The largest absolute Gasteiger partial charge is 0.458 e. The van der Waals surface area contributed by atoms with Crippen molar-refractivity contribution in [1.82, 2.24) is 4.98 Å². The summed E-state index contributed by atoms with van der Waals surface area (Å²) < 4.78 is 28.3. The van der Waals surface area contributed by atoms with Gasteiger partial charge in [-0.15, -0.1) is 0 Å². The molecule has 0 unspecified atom stereocenters. The van der Waals surface area contributed by atoms with Crippen LogP contribution < -0.4 is 10.1 Å². The molecule has 4 aromatic rings. The van der Waals surface area contributed by atoms with Crippen LogP contribution >= 0.6 is 0 Å². The first kappa shape index (κ1) is 22.9. The lowest BCUT2D eigenvalue weighted by Gasteiger charge is -2.10. The first-order chi connectivity index (χ1) is 15.4. The van der Waals surface area contributed by atoms with Crippen molar-refractivity contribution in [2.75, 3.05) is 5.32 Å². The van der Waals surface area contributed by atoms with Gasteiger partial charge in [0.2, 0.25) is 0 Å². The van der Waals surface area contributed by atoms with Crippen LogP contribution in [0.5, 0.6) is 11.5 Å². The molecule has 0 aliphatic rings. The van der Waals surface area contributed by atoms with Gasteiger partial charge in [-0.25, -0.2) is 4.98 Å². The highest BCUT2D eigenvalue weighted by molar-refractivity contribution is 7.51. The standard InChI is InChI=1S/C23H20N2O4.O2S/c1-14-3-6-17(7-4-14)28-20-9-16(10-21-19(20)11-18(13-26)29-21)23(27)25-22-8-5-15(2)12-24-22;1-3-2/h3-12,26H,13H2,1-2H3,(H,24,25,27);. The van der Waals surface area contributed by atoms with Crippen LogP contribution in [-0.2, 0) is 18.2 Å². The number of furan rings is 1. The minimum absolute atomic E-state index is 0.243. The maximum absolute atomic E-state index is 12.8. The molecule has 0 radical (unpaired) electrons. The van der Waals surface area contributed by atoms with Crippen molar-refractivity contribution in [1.29, 1.82) is 0 Å². The van der Waals surface area contributed by atoms with Gasteiger partial charge in [-0.2, -0.15) is 8.42 Å². The Morgan fingerprint density at radius 1 is 1.06 bits per heavy atom. The number of carbonyl (C=O) groups is 1. The van der Waals surface area contributed by atoms with Crippen molar-refractivity contribution in [2.45, 2.75) is 20.5 Å². The predicted octanol–water partition coefficient (Wildman–Crippen LogP) is 4.31. The molecule has 4 rings (SSSR count). The van der Waals surface area contributed by atoms with Gasteiger partial charge >= 0.3 is 11.6 Å². The minimum Gasteiger partial charge on any atom is -0.458 e. The Balaban J connectivity index is 0.000000913. The van der Waals surface area contributed by atoms with Crippen LogP contribution in [0, 0.1) is 13.8 Å². The van der Waals surface area contributed by atoms with Gasteiger partial charge in [0.1, 0.15) is 35.3 Å². The number of pyridine rings is 1. The molecule has 2 heterocycles. The van der Waals surface area contributed by atoms with E-state index in [-0.39, 0.29) is 12.5 Å². The first-order valence-electron chi connectivity index (χ1n) is 9.51. The zero-order valence-corrected chi connectivity index (χ0v) is 18.1. The van der Waals surface area contributed by atoms with E-state index in [4.69, 9.17) is 17.6 Å². The second-order valence-electron chi connectivity index (χ2n) is 6.92. The number of aliphatic hydroxyl groups is 1. The molecule has 0 saturated carbocycles. The minimum atomic E-state index is -0.750. The number of aryl methyl sites for hydroxylation is 2. The number of nitrogens with zero attached hydrogens (tertiary/aromatic N) is 1. The average molecular weight is 452 g/mol. The summed E-state index contributed by atoms with van der Waals surface area (Å²) in [6.45, 7) is 3.68. The smallest absolute Gasteiger partial charge is 0.335 e. The molecule has 0 spiro atoms. The van der Waals surface area contributed by atoms with Crippen molar-refractivity contribution < 1.29 is 27.5 Å². The fourth-order valence-corrected chi connectivity index (χ4v) is 2.92. The van der Waals surface area contributed by atoms with E-state index in [0.29, 0.717) is 39.6 Å². The number of fused-ring (bicyclic) bond motifs is 1. The van der Waals surface area contributed by atoms with Gasteiger partial charge in [0.25, 0.3) is 5.91 Å². The van der Waals surface area contributed by atoms with Crippen LogP contribution in [0.3, 0.4) is 0 Å². The van der Waals surface area contributed by atoms with Crippen LogP contribution in [0.15, 0.2) is 65.2 Å². The molecule has 0 bridgehead atoms. The Morgan fingerprint density at radius 3 is 2.38 bits per heavy atom. The van der Waals surface area contributed by atoms with Gasteiger partial charge in [-0.1, -0.05) is 23.8 Å². The molecule has 2 aromatic carbocycles. The van der Waals surface area contributed by atoms with E-state index in [0.717, 1.165) is 11.1 Å². The Labute approximate surface area is 187 Å². The summed E-state index contributed by atoms with van der Waals surface area (Å²) in [4.78, 5) is 17.0. The van der Waals surface area contributed by atoms with Gasteiger partial charge in [0.05, 0.1) is 5.39 Å². The summed E-state index contributed by atoms with van der Waals surface area (Å²) in [5.41, 5.74) is 2.94. The lowest BCUT2D eigenvalue weighted by Crippen LogP contribution is -2.13. The molecule has 2 aromatic heterocycles. The number of hydrogen-bond donors (Lipinski definition) is 2. The number of carbonyl (C=O) groups excluding carboxylic acids is 1. The highest BCUT2D eigenvalue weighted by atomic mass is 32.1. The Hall–Kier alpha value is -3.82. The molecular formula is C23H20N2O6S. The number of amides is 1. The zero-order chi connectivity index (χ0) is 23.1. The lowest BCUT2D eigenvalue weighted by molar-refractivity contribution is 0.102. The van der Waals surface area contributed by atoms with Crippen LogP contribution in [0.4, 0.5) is 5.82 Å². The van der Waals surface area contributed by atoms with Gasteiger partial charge < -0.3 is 19.6 Å². The second kappa shape index (κ2) is 10.5. The third kappa shape index (κ3) is 5.65. The number of ether oxygens (including phenoxy) is 1. The van der Waals surface area contributed by atoms with E-state index < -0.39 is 11.6 Å². The number of aliphatic hydroxyl groups excluding tert-OH is 1. The maximum Gasteiger partial charge on any atom is 0.335 e. The van der Waals surface area contributed by atoms with Gasteiger partial charge in [-0.05, 0) is 55.8 Å². The highest BCUT2D eigenvalue weighted by Crippen LogP contribution is 2.34. The van der Waals surface area contributed by atoms with Crippen molar-refractivity contribution in [3.63, 3.8) is 0 Å². The number of benzene rings is 2. The number of anilines is 1. The number of aromatic nitrogens is 1. The van der Waals surface area contributed by atoms with Crippen LogP contribution in [0.2, 0.25) is 0 Å². The van der Waals surface area contributed by atoms with E-state index in [2.05, 4.69) is 10.3 Å². The highest BCUT2D eigenvalue weighted by Gasteiger charge is 2.16. The fourth-order valence-electron chi connectivity index (χ4n) is 2.92. The van der Waals surface area contributed by atoms with E-state index in [1.165, 1.54) is 0 Å². The average Bonchev–Trinajstić information content (AvgIpc) is 3.21. The molecule has 0 saturated heterocycles. The molecule has 8 nitrogen and oxygen atoms in total. The predicted molar refractivity (Wildman–Crippen MR) is 119 cm³/mol. The summed E-state index contributed by atoms with van der Waals surface area (Å²) in [5.74, 6) is 1.63. The summed E-state index contributed by atoms with van der Waals surface area (Å²) >= 11 is -0.750. The third-order valence-corrected chi connectivity index (χ3v) is 4.47. The number of hydrogen-bond acceptors (Lipinski definition) is 7. The van der Waals surface area contributed by atoms with E-state index in [1.54, 1.807) is 30.5 Å². The van der Waals surface area contributed by atoms with Crippen molar-refractivity contribution >= 4 is 34.3 Å². The Kier molecular flexibility index (Phi) is 7.48. The maximum atomic E-state index is 12.8. The van der Waals surface area contributed by atoms with Crippen molar-refractivity contribution in [3.05, 3.63) is 83.2 Å². The van der Waals surface area contributed by atoms with E-state index >= 15 is 0 Å². The molecule has 0 fully saturated rings. The second-order valence-corrected chi connectivity index (χ2v) is 7.05. The van der Waals surface area contributed by atoms with E-state index in [9.17, 15) is 9.90 Å². The normalized spacial score (nSPS) is 10.2. The third-order valence-electron chi connectivity index (χ3n) is 4.47. The lowest BCUT2D eigenvalue weighted by atomic mass is 10.1. The fraction of sp³-hybridized carbons (Fsp3) is 0.130. The molecule has 1 amide bonds. The van der Waals surface area contributed by atoms with Crippen LogP contribution in [-0.4, -0.2) is 24.4 Å². The van der Waals surface area contributed by atoms with Gasteiger partial charge in [0, 0.05) is 11.8 Å². The molecule has 0 atom stereocenters. The molecule has 0 aliphatic carbocycles. The van der Waals surface area contributed by atoms with Crippen molar-refractivity contribution in [2.24, 2.45) is 0 Å². The molecule has 2 N–H and O–H groups in total. The topological polar surface area (TPSA) is 119 Å². The summed E-state index contributed by atoms with van der Waals surface area (Å²) in [7, 11) is 0. The molecule has 32 heavy (non-hydrogen) atoms. The molecule has 0 aliphatic heterocycles. The summed E-state index contributed by atoms with van der Waals surface area (Å²) in [6, 6.07) is 16.2. The summed E-state index contributed by atoms with van der Waals surface area (Å²) in [6.07, 6.45) is 1.69. The summed E-state index contributed by atoms with van der Waals surface area (Å²) in [5, 5.41) is 12.9. The van der Waals surface area contributed by atoms with Crippen molar-refractivity contribution in [3.8, 4) is 11.5 Å². The number of nitrogens with one attached hydrogen (secondary N) is 1. The Morgan fingerprint density at radius 2 is 1.75 bits per heavy atom. The zero-order valence-electron chi connectivity index (χ0n) is 17.3. The monoisotopic (exact) mass is 452 g/mol.